The van der Waals surface area contributed by atoms with Gasteiger partial charge in [0.05, 0.1) is 5.41 Å². The molecular formula is C24H27FN2O3. The Kier molecular flexibility index (Phi) is 5.01. The number of benzene rings is 2. The summed E-state index contributed by atoms with van der Waals surface area (Å²) in [6.45, 7) is 3.99. The van der Waals surface area contributed by atoms with Crippen LogP contribution in [0.15, 0.2) is 42.5 Å². The van der Waals surface area contributed by atoms with Crippen molar-refractivity contribution in [2.45, 2.75) is 31.1 Å². The van der Waals surface area contributed by atoms with Crippen LogP contribution in [-0.4, -0.2) is 50.2 Å². The Balaban J connectivity index is 1.34. The molecule has 6 heteroatoms. The summed E-state index contributed by atoms with van der Waals surface area (Å²) in [6.07, 6.45) is 3.89. The summed E-state index contributed by atoms with van der Waals surface area (Å²) >= 11 is 0. The Morgan fingerprint density at radius 1 is 0.867 bits per heavy atom. The van der Waals surface area contributed by atoms with Gasteiger partial charge >= 0.3 is 0 Å². The molecule has 1 amide bonds. The number of amides is 1. The van der Waals surface area contributed by atoms with Crippen molar-refractivity contribution in [1.82, 2.24) is 4.90 Å². The highest BCUT2D eigenvalue weighted by Gasteiger charge is 2.45. The third-order valence-corrected chi connectivity index (χ3v) is 6.72. The highest BCUT2D eigenvalue weighted by atomic mass is 19.1. The first-order valence-corrected chi connectivity index (χ1v) is 10.9. The van der Waals surface area contributed by atoms with Gasteiger partial charge in [0.2, 0.25) is 5.91 Å². The number of fused-ring (bicyclic) bond motifs is 1. The fourth-order valence-electron chi connectivity index (χ4n) is 5.07. The molecule has 0 bridgehead atoms. The molecule has 2 fully saturated rings. The molecule has 5 rings (SSSR count). The van der Waals surface area contributed by atoms with Crippen LogP contribution in [0.5, 0.6) is 11.5 Å². The standard InChI is InChI=1S/C24H27FN2O3/c25-19-4-6-20(7-5-19)26-11-13-27(14-12-26)23(28)24(9-1-2-10-24)18-3-8-21-22(17-18)30-16-15-29-21/h3-8,17H,1-2,9-16H2. The zero-order valence-electron chi connectivity index (χ0n) is 17.1. The fourth-order valence-corrected chi connectivity index (χ4v) is 5.07. The summed E-state index contributed by atoms with van der Waals surface area (Å²) < 4.78 is 24.7. The lowest BCUT2D eigenvalue weighted by Gasteiger charge is -2.41. The van der Waals surface area contributed by atoms with Gasteiger partial charge in [-0.2, -0.15) is 0 Å². The Bertz CT molecular complexity index is 917. The van der Waals surface area contributed by atoms with Crippen LogP contribution in [0.25, 0.3) is 0 Å². The summed E-state index contributed by atoms with van der Waals surface area (Å²) in [6, 6.07) is 12.6. The van der Waals surface area contributed by atoms with Crippen molar-refractivity contribution in [3.8, 4) is 11.5 Å². The predicted octanol–water partition coefficient (Wildman–Crippen LogP) is 3.76. The van der Waals surface area contributed by atoms with Gasteiger partial charge in [-0.3, -0.25) is 4.79 Å². The Morgan fingerprint density at radius 2 is 1.53 bits per heavy atom. The van der Waals surface area contributed by atoms with Crippen LogP contribution in [0.1, 0.15) is 31.2 Å². The number of rotatable bonds is 3. The molecule has 2 aromatic carbocycles. The van der Waals surface area contributed by atoms with Crippen molar-refractivity contribution >= 4 is 11.6 Å². The molecule has 0 atom stereocenters. The number of carbonyl (C=O) groups excluding carboxylic acids is 1. The first-order chi connectivity index (χ1) is 14.7. The Hall–Kier alpha value is -2.76. The third-order valence-electron chi connectivity index (χ3n) is 6.72. The predicted molar refractivity (Wildman–Crippen MR) is 113 cm³/mol. The summed E-state index contributed by atoms with van der Waals surface area (Å²) in [5.41, 5.74) is 1.59. The van der Waals surface area contributed by atoms with Crippen molar-refractivity contribution in [2.75, 3.05) is 44.3 Å². The van der Waals surface area contributed by atoms with E-state index in [2.05, 4.69) is 4.90 Å². The molecule has 0 aromatic heterocycles. The van der Waals surface area contributed by atoms with Gasteiger partial charge < -0.3 is 19.3 Å². The number of anilines is 1. The van der Waals surface area contributed by atoms with E-state index >= 15 is 0 Å². The highest BCUT2D eigenvalue weighted by Crippen LogP contribution is 2.45. The van der Waals surface area contributed by atoms with Crippen molar-refractivity contribution in [3.05, 3.63) is 53.8 Å². The van der Waals surface area contributed by atoms with Gasteiger partial charge in [-0.05, 0) is 54.8 Å². The largest absolute Gasteiger partial charge is 0.486 e. The van der Waals surface area contributed by atoms with E-state index in [9.17, 15) is 9.18 Å². The number of halogens is 1. The maximum atomic E-state index is 13.8. The molecule has 1 aliphatic carbocycles. The number of hydrogen-bond donors (Lipinski definition) is 0. The second-order valence-corrected chi connectivity index (χ2v) is 8.40. The first kappa shape index (κ1) is 19.2. The maximum Gasteiger partial charge on any atom is 0.233 e. The van der Waals surface area contributed by atoms with Crippen molar-refractivity contribution < 1.29 is 18.7 Å². The van der Waals surface area contributed by atoms with Crippen molar-refractivity contribution in [2.24, 2.45) is 0 Å². The first-order valence-electron chi connectivity index (χ1n) is 10.9. The molecule has 158 valence electrons. The molecule has 1 saturated heterocycles. The lowest BCUT2D eigenvalue weighted by Crippen LogP contribution is -2.54. The van der Waals surface area contributed by atoms with Gasteiger partial charge in [0.15, 0.2) is 11.5 Å². The van der Waals surface area contributed by atoms with Gasteiger partial charge in [0, 0.05) is 31.9 Å². The minimum Gasteiger partial charge on any atom is -0.486 e. The quantitative estimate of drug-likeness (QED) is 0.773. The number of carbonyl (C=O) groups is 1. The highest BCUT2D eigenvalue weighted by molar-refractivity contribution is 5.89. The van der Waals surface area contributed by atoms with E-state index in [1.165, 1.54) is 12.1 Å². The van der Waals surface area contributed by atoms with Crippen molar-refractivity contribution in [3.63, 3.8) is 0 Å². The third kappa shape index (κ3) is 3.38. The van der Waals surface area contributed by atoms with Crippen LogP contribution in [0.3, 0.4) is 0 Å². The molecule has 2 aromatic rings. The normalized spacial score (nSPS) is 20.3. The number of piperazine rings is 1. The monoisotopic (exact) mass is 410 g/mol. The molecule has 2 heterocycles. The minimum atomic E-state index is -0.464. The maximum absolute atomic E-state index is 13.8. The average Bonchev–Trinajstić information content (AvgIpc) is 3.30. The molecule has 5 nitrogen and oxygen atoms in total. The average molecular weight is 410 g/mol. The van der Waals surface area contributed by atoms with Gasteiger partial charge in [-0.1, -0.05) is 18.9 Å². The van der Waals surface area contributed by atoms with Crippen molar-refractivity contribution in [1.29, 1.82) is 0 Å². The van der Waals surface area contributed by atoms with Crippen LogP contribution >= 0.6 is 0 Å². The molecular weight excluding hydrogens is 383 g/mol. The van der Waals surface area contributed by atoms with Gasteiger partial charge in [-0.15, -0.1) is 0 Å². The van der Waals surface area contributed by atoms with E-state index in [1.807, 2.05) is 23.1 Å². The van der Waals surface area contributed by atoms with E-state index in [0.717, 1.165) is 61.5 Å². The second-order valence-electron chi connectivity index (χ2n) is 8.40. The van der Waals surface area contributed by atoms with Crippen LogP contribution in [0.4, 0.5) is 10.1 Å². The molecule has 1 saturated carbocycles. The fraction of sp³-hybridized carbons (Fsp3) is 0.458. The Morgan fingerprint density at radius 3 is 2.23 bits per heavy atom. The van der Waals surface area contributed by atoms with E-state index in [4.69, 9.17) is 9.47 Å². The van der Waals surface area contributed by atoms with Crippen LogP contribution in [0, 0.1) is 5.82 Å². The zero-order chi connectivity index (χ0) is 20.6. The van der Waals surface area contributed by atoms with Gasteiger partial charge in [0.25, 0.3) is 0 Å². The summed E-state index contributed by atoms with van der Waals surface area (Å²) in [7, 11) is 0. The SMILES string of the molecule is O=C(N1CCN(c2ccc(F)cc2)CC1)C1(c2ccc3c(c2)OCCO3)CCCC1. The molecule has 3 aliphatic rings. The van der Waals surface area contributed by atoms with Crippen LogP contribution in [0.2, 0.25) is 0 Å². The van der Waals surface area contributed by atoms with E-state index in [-0.39, 0.29) is 11.7 Å². The van der Waals surface area contributed by atoms with Crippen LogP contribution in [-0.2, 0) is 10.2 Å². The number of nitrogens with zero attached hydrogens (tertiary/aromatic N) is 2. The van der Waals surface area contributed by atoms with Crippen LogP contribution < -0.4 is 14.4 Å². The molecule has 0 radical (unpaired) electrons. The smallest absolute Gasteiger partial charge is 0.233 e. The number of ether oxygens (including phenoxy) is 2. The van der Waals surface area contributed by atoms with E-state index < -0.39 is 5.41 Å². The topological polar surface area (TPSA) is 42.0 Å². The van der Waals surface area contributed by atoms with E-state index in [0.29, 0.717) is 26.3 Å². The molecule has 30 heavy (non-hydrogen) atoms. The summed E-state index contributed by atoms with van der Waals surface area (Å²) in [4.78, 5) is 18.0. The Labute approximate surface area is 176 Å². The molecule has 0 unspecified atom stereocenters. The summed E-state index contributed by atoms with van der Waals surface area (Å²) in [5.74, 6) is 1.52. The van der Waals surface area contributed by atoms with Gasteiger partial charge in [-0.25, -0.2) is 4.39 Å². The number of hydrogen-bond acceptors (Lipinski definition) is 4. The van der Waals surface area contributed by atoms with Gasteiger partial charge in [0.1, 0.15) is 19.0 Å². The zero-order valence-corrected chi connectivity index (χ0v) is 17.1. The lowest BCUT2D eigenvalue weighted by atomic mass is 9.77. The lowest BCUT2D eigenvalue weighted by molar-refractivity contribution is -0.137. The molecule has 2 aliphatic heterocycles. The molecule has 0 spiro atoms. The minimum absolute atomic E-state index is 0.227. The van der Waals surface area contributed by atoms with E-state index in [1.54, 1.807) is 12.1 Å². The summed E-state index contributed by atoms with van der Waals surface area (Å²) in [5, 5.41) is 0. The molecule has 0 N–H and O–H groups in total. The second kappa shape index (κ2) is 7.82.